The van der Waals surface area contributed by atoms with Gasteiger partial charge in [0.05, 0.1) is 18.1 Å². The summed E-state index contributed by atoms with van der Waals surface area (Å²) in [5.74, 6) is 1.16. The topological polar surface area (TPSA) is 53.0 Å². The van der Waals surface area contributed by atoms with Crippen LogP contribution in [0.15, 0.2) is 41.5 Å². The normalized spacial score (nSPS) is 35.7. The van der Waals surface area contributed by atoms with Crippen molar-refractivity contribution in [2.24, 2.45) is 40.6 Å². The fourth-order valence-corrected chi connectivity index (χ4v) is 5.54. The van der Waals surface area contributed by atoms with Crippen molar-refractivity contribution in [1.29, 1.82) is 0 Å². The minimum atomic E-state index is -0.182. The van der Waals surface area contributed by atoms with Crippen LogP contribution < -0.4 is 4.90 Å². The average molecular weight is 363 g/mol. The number of amides is 2. The van der Waals surface area contributed by atoms with Gasteiger partial charge in [0.15, 0.2) is 0 Å². The SMILES string of the molecule is CCN(CC)c1ccc(C=NN2C(=O)[C@@H]3[C@H]4C=C[C@@H]([C@@H]5C[C@@H]45)[C@H]3C2=O)cc1. The van der Waals surface area contributed by atoms with E-state index in [1.54, 1.807) is 6.21 Å². The number of benzene rings is 1. The number of imide groups is 1. The third kappa shape index (κ3) is 2.40. The Bertz CT molecular complexity index is 804. The van der Waals surface area contributed by atoms with Crippen LogP contribution >= 0.6 is 0 Å². The molecule has 1 heterocycles. The molecule has 1 aromatic rings. The van der Waals surface area contributed by atoms with E-state index in [0.29, 0.717) is 11.8 Å². The van der Waals surface area contributed by atoms with Gasteiger partial charge in [-0.05, 0) is 61.6 Å². The van der Waals surface area contributed by atoms with Gasteiger partial charge >= 0.3 is 0 Å². The number of rotatable bonds is 5. The maximum absolute atomic E-state index is 12.9. The first-order valence-corrected chi connectivity index (χ1v) is 10.1. The zero-order valence-corrected chi connectivity index (χ0v) is 15.8. The summed E-state index contributed by atoms with van der Waals surface area (Å²) in [6, 6.07) is 8.07. The first kappa shape index (κ1) is 16.7. The molecular weight excluding hydrogens is 338 g/mol. The Morgan fingerprint density at radius 3 is 2.07 bits per heavy atom. The van der Waals surface area contributed by atoms with Crippen molar-refractivity contribution in [2.45, 2.75) is 20.3 Å². The molecule has 2 amide bonds. The highest BCUT2D eigenvalue weighted by Gasteiger charge is 2.67. The molecule has 140 valence electrons. The van der Waals surface area contributed by atoms with Crippen LogP contribution in [0, 0.1) is 35.5 Å². The Labute approximate surface area is 159 Å². The van der Waals surface area contributed by atoms with Crippen molar-refractivity contribution < 1.29 is 9.59 Å². The molecule has 6 atom stereocenters. The first-order valence-electron chi connectivity index (χ1n) is 10.1. The van der Waals surface area contributed by atoms with Gasteiger partial charge in [-0.15, -0.1) is 0 Å². The molecule has 1 aliphatic heterocycles. The number of hydrogen-bond donors (Lipinski definition) is 0. The van der Waals surface area contributed by atoms with Crippen molar-refractivity contribution in [2.75, 3.05) is 18.0 Å². The van der Waals surface area contributed by atoms with Crippen LogP contribution in [-0.2, 0) is 9.59 Å². The lowest BCUT2D eigenvalue weighted by molar-refractivity contribution is -0.140. The highest BCUT2D eigenvalue weighted by Crippen LogP contribution is 2.65. The summed E-state index contributed by atoms with van der Waals surface area (Å²) in [6.45, 7) is 6.19. The van der Waals surface area contributed by atoms with Gasteiger partial charge in [0.25, 0.3) is 11.8 Å². The van der Waals surface area contributed by atoms with E-state index in [1.165, 1.54) is 12.1 Å². The molecule has 5 nitrogen and oxygen atoms in total. The van der Waals surface area contributed by atoms with Crippen molar-refractivity contribution in [3.8, 4) is 0 Å². The van der Waals surface area contributed by atoms with Crippen LogP contribution in [0.3, 0.4) is 0 Å². The van der Waals surface area contributed by atoms with E-state index in [9.17, 15) is 9.59 Å². The van der Waals surface area contributed by atoms with Gasteiger partial charge in [-0.2, -0.15) is 10.1 Å². The highest BCUT2D eigenvalue weighted by atomic mass is 16.2. The minimum Gasteiger partial charge on any atom is -0.372 e. The van der Waals surface area contributed by atoms with Crippen LogP contribution in [-0.4, -0.2) is 36.1 Å². The standard InChI is InChI=1S/C22H25N3O2/c1-3-24(4-2)14-7-5-13(6-8-14)12-23-25-21(26)19-15-9-10-16(18-11-17(15)18)20(19)22(25)27/h5-10,12,15-20H,3-4,11H2,1-2H3/t15-,16-,17-,18-,19+,20+/m0/s1. The van der Waals surface area contributed by atoms with E-state index < -0.39 is 0 Å². The molecular formula is C22H25N3O2. The van der Waals surface area contributed by atoms with Gasteiger partial charge in [0, 0.05) is 18.8 Å². The molecule has 1 saturated heterocycles. The zero-order chi connectivity index (χ0) is 18.7. The van der Waals surface area contributed by atoms with E-state index >= 15 is 0 Å². The molecule has 27 heavy (non-hydrogen) atoms. The first-order chi connectivity index (χ1) is 13.1. The molecule has 2 saturated carbocycles. The molecule has 0 unspecified atom stereocenters. The smallest absolute Gasteiger partial charge is 0.254 e. The average Bonchev–Trinajstić information content (AvgIpc) is 3.47. The molecule has 0 N–H and O–H groups in total. The second kappa shape index (κ2) is 6.04. The molecule has 6 rings (SSSR count). The Kier molecular flexibility index (Phi) is 3.74. The van der Waals surface area contributed by atoms with Gasteiger partial charge in [-0.1, -0.05) is 24.3 Å². The van der Waals surface area contributed by atoms with Crippen molar-refractivity contribution in [3.63, 3.8) is 0 Å². The molecule has 3 fully saturated rings. The zero-order valence-electron chi connectivity index (χ0n) is 15.8. The summed E-state index contributed by atoms with van der Waals surface area (Å²) >= 11 is 0. The van der Waals surface area contributed by atoms with E-state index in [-0.39, 0.29) is 35.5 Å². The highest BCUT2D eigenvalue weighted by molar-refractivity contribution is 6.06. The number of carbonyl (C=O) groups is 2. The second-order valence-electron chi connectivity index (χ2n) is 8.15. The number of nitrogens with zero attached hydrogens (tertiary/aromatic N) is 3. The molecule has 5 heteroatoms. The Balaban J connectivity index is 1.34. The van der Waals surface area contributed by atoms with Crippen LogP contribution in [0.1, 0.15) is 25.8 Å². The minimum absolute atomic E-state index is 0.106. The third-order valence-corrected chi connectivity index (χ3v) is 6.98. The largest absolute Gasteiger partial charge is 0.372 e. The predicted molar refractivity (Wildman–Crippen MR) is 104 cm³/mol. The summed E-state index contributed by atoms with van der Waals surface area (Å²) in [7, 11) is 0. The molecule has 1 aromatic carbocycles. The fourth-order valence-electron chi connectivity index (χ4n) is 5.54. The third-order valence-electron chi connectivity index (χ3n) is 6.98. The summed E-state index contributed by atoms with van der Waals surface area (Å²) in [5.41, 5.74) is 2.06. The maximum Gasteiger partial charge on any atom is 0.254 e. The van der Waals surface area contributed by atoms with Gasteiger partial charge < -0.3 is 4.90 Å². The molecule has 4 aliphatic carbocycles. The van der Waals surface area contributed by atoms with Gasteiger partial charge in [-0.3, -0.25) is 9.59 Å². The fraction of sp³-hybridized carbons (Fsp3) is 0.500. The number of allylic oxidation sites excluding steroid dienone is 2. The van der Waals surface area contributed by atoms with Crippen LogP contribution in [0.2, 0.25) is 0 Å². The van der Waals surface area contributed by atoms with E-state index in [1.807, 2.05) is 12.1 Å². The van der Waals surface area contributed by atoms with E-state index in [0.717, 1.165) is 23.7 Å². The molecule has 0 spiro atoms. The lowest BCUT2D eigenvalue weighted by atomic mass is 9.63. The monoisotopic (exact) mass is 363 g/mol. The Hall–Kier alpha value is -2.43. The van der Waals surface area contributed by atoms with Crippen LogP contribution in [0.4, 0.5) is 5.69 Å². The Morgan fingerprint density at radius 1 is 1.00 bits per heavy atom. The summed E-state index contributed by atoms with van der Waals surface area (Å²) in [6.07, 6.45) is 7.18. The van der Waals surface area contributed by atoms with Gasteiger partial charge in [0.1, 0.15) is 0 Å². The van der Waals surface area contributed by atoms with Crippen molar-refractivity contribution >= 4 is 23.7 Å². The van der Waals surface area contributed by atoms with E-state index in [2.05, 4.69) is 48.1 Å². The van der Waals surface area contributed by atoms with Crippen molar-refractivity contribution in [1.82, 2.24) is 5.01 Å². The quantitative estimate of drug-likeness (QED) is 0.459. The lowest BCUT2D eigenvalue weighted by Gasteiger charge is -2.37. The Morgan fingerprint density at radius 2 is 1.56 bits per heavy atom. The van der Waals surface area contributed by atoms with Crippen LogP contribution in [0.5, 0.6) is 0 Å². The molecule has 2 bridgehead atoms. The summed E-state index contributed by atoms with van der Waals surface area (Å²) in [5, 5.41) is 5.44. The molecule has 0 radical (unpaired) electrons. The summed E-state index contributed by atoms with van der Waals surface area (Å²) < 4.78 is 0. The lowest BCUT2D eigenvalue weighted by Crippen LogP contribution is -2.40. The molecule has 5 aliphatic rings. The number of hydrogen-bond acceptors (Lipinski definition) is 4. The van der Waals surface area contributed by atoms with Gasteiger partial charge in [-0.25, -0.2) is 0 Å². The second-order valence-corrected chi connectivity index (χ2v) is 8.15. The van der Waals surface area contributed by atoms with Crippen LogP contribution in [0.25, 0.3) is 0 Å². The molecule has 0 aromatic heterocycles. The maximum atomic E-state index is 12.9. The van der Waals surface area contributed by atoms with E-state index in [4.69, 9.17) is 0 Å². The van der Waals surface area contributed by atoms with Crippen molar-refractivity contribution in [3.05, 3.63) is 42.0 Å². The predicted octanol–water partition coefficient (Wildman–Crippen LogP) is 2.92. The number of anilines is 1. The van der Waals surface area contributed by atoms with Gasteiger partial charge in [0.2, 0.25) is 0 Å². The number of hydrazone groups is 1. The summed E-state index contributed by atoms with van der Waals surface area (Å²) in [4.78, 5) is 28.1. The number of carbonyl (C=O) groups excluding carboxylic acids is 2.